The first-order valence-electron chi connectivity index (χ1n) is 10.9. The molecule has 0 saturated carbocycles. The van der Waals surface area contributed by atoms with E-state index >= 15 is 0 Å². The van der Waals surface area contributed by atoms with Crippen LogP contribution in [-0.4, -0.2) is 48.6 Å². The lowest BCUT2D eigenvalue weighted by molar-refractivity contribution is -0.130. The second-order valence-electron chi connectivity index (χ2n) is 8.65. The highest BCUT2D eigenvalue weighted by molar-refractivity contribution is 5.79. The summed E-state index contributed by atoms with van der Waals surface area (Å²) >= 11 is 0. The molecule has 2 saturated heterocycles. The maximum Gasteiger partial charge on any atom is 0.228 e. The molecule has 2 aliphatic rings. The smallest absolute Gasteiger partial charge is 0.228 e. The number of likely N-dealkylation sites (tertiary alicyclic amines) is 1. The van der Waals surface area contributed by atoms with Gasteiger partial charge < -0.3 is 14.5 Å². The molecular formula is C26H27N3O2. The summed E-state index contributed by atoms with van der Waals surface area (Å²) in [4.78, 5) is 21.8. The van der Waals surface area contributed by atoms with Crippen LogP contribution < -0.4 is 9.64 Å². The molecule has 0 bridgehead atoms. The van der Waals surface area contributed by atoms with Crippen molar-refractivity contribution in [3.8, 4) is 5.75 Å². The van der Waals surface area contributed by atoms with E-state index in [1.54, 1.807) is 6.20 Å². The Labute approximate surface area is 183 Å². The number of ether oxygens (including phenoxy) is 1. The standard InChI is InChI=1S/C26H27N3O2/c30-25(15-22-9-7-8-14-27-22)28-16-21(17-31-24-12-5-2-6-13-24)26(18-28)19-29(20-26)23-10-3-1-4-11-23/h1-14,21H,15-20H2. The van der Waals surface area contributed by atoms with Crippen LogP contribution in [0.4, 0.5) is 5.69 Å². The minimum absolute atomic E-state index is 0.0738. The maximum atomic E-state index is 13.0. The molecule has 1 atom stereocenters. The number of carbonyl (C=O) groups is 1. The van der Waals surface area contributed by atoms with Gasteiger partial charge in [0.1, 0.15) is 5.75 Å². The summed E-state index contributed by atoms with van der Waals surface area (Å²) in [5.74, 6) is 1.34. The predicted octanol–water partition coefficient (Wildman–Crippen LogP) is 3.67. The zero-order valence-corrected chi connectivity index (χ0v) is 17.6. The molecule has 1 unspecified atom stereocenters. The predicted molar refractivity (Wildman–Crippen MR) is 121 cm³/mol. The van der Waals surface area contributed by atoms with Gasteiger partial charge in [-0.05, 0) is 36.4 Å². The summed E-state index contributed by atoms with van der Waals surface area (Å²) < 4.78 is 6.14. The van der Waals surface area contributed by atoms with Crippen LogP contribution in [0.2, 0.25) is 0 Å². The van der Waals surface area contributed by atoms with Gasteiger partial charge in [0.15, 0.2) is 0 Å². The zero-order chi connectivity index (χ0) is 21.1. The Kier molecular flexibility index (Phi) is 5.33. The molecule has 5 nitrogen and oxygen atoms in total. The van der Waals surface area contributed by atoms with Crippen LogP contribution >= 0.6 is 0 Å². The van der Waals surface area contributed by atoms with Gasteiger partial charge in [-0.25, -0.2) is 0 Å². The van der Waals surface area contributed by atoms with E-state index in [9.17, 15) is 4.79 Å². The molecule has 31 heavy (non-hydrogen) atoms. The summed E-state index contributed by atoms with van der Waals surface area (Å²) in [6.07, 6.45) is 2.10. The lowest BCUT2D eigenvalue weighted by atomic mass is 9.71. The van der Waals surface area contributed by atoms with Crippen LogP contribution in [-0.2, 0) is 11.2 Å². The fourth-order valence-electron chi connectivity index (χ4n) is 4.83. The minimum Gasteiger partial charge on any atom is -0.493 e. The molecule has 2 fully saturated rings. The zero-order valence-electron chi connectivity index (χ0n) is 17.6. The van der Waals surface area contributed by atoms with Gasteiger partial charge in [0.25, 0.3) is 0 Å². The summed E-state index contributed by atoms with van der Waals surface area (Å²) in [5.41, 5.74) is 2.14. The molecule has 1 spiro atoms. The van der Waals surface area contributed by atoms with E-state index in [1.807, 2.05) is 59.5 Å². The monoisotopic (exact) mass is 413 g/mol. The fraction of sp³-hybridized carbons (Fsp3) is 0.308. The van der Waals surface area contributed by atoms with E-state index in [0.29, 0.717) is 18.9 Å². The molecule has 1 aromatic heterocycles. The fourth-order valence-corrected chi connectivity index (χ4v) is 4.83. The Morgan fingerprint density at radius 3 is 2.35 bits per heavy atom. The van der Waals surface area contributed by atoms with Crippen LogP contribution in [0.15, 0.2) is 85.1 Å². The first-order chi connectivity index (χ1) is 15.2. The van der Waals surface area contributed by atoms with E-state index in [4.69, 9.17) is 4.74 Å². The number of carbonyl (C=O) groups excluding carboxylic acids is 1. The van der Waals surface area contributed by atoms with Crippen molar-refractivity contribution in [2.75, 3.05) is 37.7 Å². The maximum absolute atomic E-state index is 13.0. The molecule has 2 aliphatic heterocycles. The third kappa shape index (κ3) is 4.13. The Bertz CT molecular complexity index is 1000. The number of para-hydroxylation sites is 2. The molecule has 0 radical (unpaired) electrons. The van der Waals surface area contributed by atoms with Gasteiger partial charge in [-0.1, -0.05) is 42.5 Å². The lowest BCUT2D eigenvalue weighted by Crippen LogP contribution is -2.61. The van der Waals surface area contributed by atoms with Crippen molar-refractivity contribution in [2.45, 2.75) is 6.42 Å². The average Bonchev–Trinajstić information content (AvgIpc) is 3.19. The van der Waals surface area contributed by atoms with Crippen molar-refractivity contribution in [3.05, 3.63) is 90.8 Å². The van der Waals surface area contributed by atoms with Gasteiger partial charge in [-0.3, -0.25) is 9.78 Å². The van der Waals surface area contributed by atoms with Crippen LogP contribution in [0, 0.1) is 11.3 Å². The third-order valence-corrected chi connectivity index (χ3v) is 6.55. The highest BCUT2D eigenvalue weighted by atomic mass is 16.5. The molecule has 1 amide bonds. The van der Waals surface area contributed by atoms with E-state index in [-0.39, 0.29) is 11.3 Å². The van der Waals surface area contributed by atoms with E-state index in [2.05, 4.69) is 34.1 Å². The highest BCUT2D eigenvalue weighted by Crippen LogP contribution is 2.46. The van der Waals surface area contributed by atoms with Gasteiger partial charge in [0.05, 0.1) is 13.0 Å². The first kappa shape index (κ1) is 19.6. The van der Waals surface area contributed by atoms with E-state index < -0.39 is 0 Å². The molecule has 0 aliphatic carbocycles. The minimum atomic E-state index is 0.0738. The van der Waals surface area contributed by atoms with Gasteiger partial charge in [0.2, 0.25) is 5.91 Å². The Balaban J connectivity index is 1.29. The number of anilines is 1. The average molecular weight is 414 g/mol. The second kappa shape index (κ2) is 8.42. The van der Waals surface area contributed by atoms with Crippen LogP contribution in [0.25, 0.3) is 0 Å². The topological polar surface area (TPSA) is 45.7 Å². The molecule has 5 heteroatoms. The SMILES string of the molecule is O=C(Cc1ccccn1)N1CC(COc2ccccc2)C2(C1)CN(c1ccccc1)C2. The van der Waals surface area contributed by atoms with Gasteiger partial charge >= 0.3 is 0 Å². The number of pyridine rings is 1. The van der Waals surface area contributed by atoms with Gasteiger partial charge in [-0.15, -0.1) is 0 Å². The van der Waals surface area contributed by atoms with Crippen LogP contribution in [0.5, 0.6) is 5.75 Å². The number of aromatic nitrogens is 1. The highest BCUT2D eigenvalue weighted by Gasteiger charge is 2.55. The van der Waals surface area contributed by atoms with E-state index in [0.717, 1.165) is 37.6 Å². The van der Waals surface area contributed by atoms with Crippen molar-refractivity contribution in [2.24, 2.45) is 11.3 Å². The van der Waals surface area contributed by atoms with Gasteiger partial charge in [0, 0.05) is 55.1 Å². The third-order valence-electron chi connectivity index (χ3n) is 6.55. The molecule has 158 valence electrons. The summed E-state index contributed by atoms with van der Waals surface area (Å²) in [5, 5.41) is 0. The molecular weight excluding hydrogens is 386 g/mol. The summed E-state index contributed by atoms with van der Waals surface area (Å²) in [7, 11) is 0. The summed E-state index contributed by atoms with van der Waals surface area (Å²) in [6, 6.07) is 26.2. The molecule has 3 heterocycles. The largest absolute Gasteiger partial charge is 0.493 e. The molecule has 2 aromatic carbocycles. The Morgan fingerprint density at radius 1 is 0.935 bits per heavy atom. The normalized spacial score (nSPS) is 19.3. The summed E-state index contributed by atoms with van der Waals surface area (Å²) in [6.45, 7) is 4.05. The Hall–Kier alpha value is -3.34. The number of nitrogens with zero attached hydrogens (tertiary/aromatic N) is 3. The van der Waals surface area contributed by atoms with Crippen molar-refractivity contribution < 1.29 is 9.53 Å². The number of hydrogen-bond donors (Lipinski definition) is 0. The van der Waals surface area contributed by atoms with Gasteiger partial charge in [-0.2, -0.15) is 0 Å². The Morgan fingerprint density at radius 2 is 1.65 bits per heavy atom. The number of rotatable bonds is 6. The van der Waals surface area contributed by atoms with Crippen LogP contribution in [0.3, 0.4) is 0 Å². The molecule has 3 aromatic rings. The van der Waals surface area contributed by atoms with Crippen molar-refractivity contribution in [1.82, 2.24) is 9.88 Å². The second-order valence-corrected chi connectivity index (χ2v) is 8.65. The van der Waals surface area contributed by atoms with Crippen molar-refractivity contribution in [1.29, 1.82) is 0 Å². The first-order valence-corrected chi connectivity index (χ1v) is 10.9. The molecule has 5 rings (SSSR count). The molecule has 0 N–H and O–H groups in total. The quantitative estimate of drug-likeness (QED) is 0.619. The van der Waals surface area contributed by atoms with Crippen molar-refractivity contribution in [3.63, 3.8) is 0 Å². The number of amides is 1. The lowest BCUT2D eigenvalue weighted by Gasteiger charge is -2.52. The number of benzene rings is 2. The van der Waals surface area contributed by atoms with Crippen LogP contribution in [0.1, 0.15) is 5.69 Å². The number of hydrogen-bond acceptors (Lipinski definition) is 4. The van der Waals surface area contributed by atoms with Crippen molar-refractivity contribution >= 4 is 11.6 Å². The van der Waals surface area contributed by atoms with E-state index in [1.165, 1.54) is 5.69 Å².